The topological polar surface area (TPSA) is 70.3 Å². The predicted octanol–water partition coefficient (Wildman–Crippen LogP) is 5.65. The van der Waals surface area contributed by atoms with E-state index < -0.39 is 5.78 Å². The summed E-state index contributed by atoms with van der Waals surface area (Å²) >= 11 is 15.3. The largest absolute Gasteiger partial charge is 0.503 e. The van der Waals surface area contributed by atoms with Gasteiger partial charge in [0.25, 0.3) is 0 Å². The van der Waals surface area contributed by atoms with E-state index in [9.17, 15) is 15.2 Å². The van der Waals surface area contributed by atoms with Crippen molar-refractivity contribution in [3.8, 4) is 17.6 Å². The lowest BCUT2D eigenvalue weighted by Gasteiger charge is -2.09. The molecule has 0 radical (unpaired) electrons. The van der Waals surface area contributed by atoms with Gasteiger partial charge in [-0.25, -0.2) is 0 Å². The van der Waals surface area contributed by atoms with Crippen LogP contribution in [0.3, 0.4) is 0 Å². The van der Waals surface area contributed by atoms with Gasteiger partial charge >= 0.3 is 0 Å². The maximum Gasteiger partial charge on any atom is 0.206 e. The molecule has 0 aromatic heterocycles. The molecule has 128 valence electrons. The molecular formula is C18H12BrCl2NO3. The number of hydrogen-bond acceptors (Lipinski definition) is 4. The molecule has 0 unspecified atom stereocenters. The van der Waals surface area contributed by atoms with Gasteiger partial charge in [-0.2, -0.15) is 5.26 Å². The molecule has 25 heavy (non-hydrogen) atoms. The van der Waals surface area contributed by atoms with Crippen LogP contribution in [-0.2, 0) is 0 Å². The number of ether oxygens (including phenoxy) is 1. The Hall–Kier alpha value is -2.00. The number of aromatic hydroxyl groups is 1. The Morgan fingerprint density at radius 1 is 1.36 bits per heavy atom. The van der Waals surface area contributed by atoms with E-state index in [-0.39, 0.29) is 32.7 Å². The quantitative estimate of drug-likeness (QED) is 0.370. The number of Topliss-reactive ketones (excluding diaryl/α,β-unsaturated/α-hetero) is 1. The van der Waals surface area contributed by atoms with Gasteiger partial charge in [0.05, 0.1) is 26.7 Å². The van der Waals surface area contributed by atoms with E-state index >= 15 is 0 Å². The lowest BCUT2D eigenvalue weighted by Crippen LogP contribution is -2.04. The number of rotatable bonds is 5. The summed E-state index contributed by atoms with van der Waals surface area (Å²) in [6.07, 6.45) is 1.38. The van der Waals surface area contributed by atoms with E-state index in [1.54, 1.807) is 19.1 Å². The van der Waals surface area contributed by atoms with E-state index in [0.717, 1.165) is 0 Å². The van der Waals surface area contributed by atoms with Crippen LogP contribution in [0.5, 0.6) is 11.5 Å². The minimum Gasteiger partial charge on any atom is -0.503 e. The van der Waals surface area contributed by atoms with Crippen molar-refractivity contribution in [3.63, 3.8) is 0 Å². The Morgan fingerprint density at radius 2 is 2.00 bits per heavy atom. The van der Waals surface area contributed by atoms with Crippen LogP contribution >= 0.6 is 39.1 Å². The normalized spacial score (nSPS) is 11.1. The lowest BCUT2D eigenvalue weighted by molar-refractivity contribution is 0.104. The average Bonchev–Trinajstić information content (AvgIpc) is 2.57. The van der Waals surface area contributed by atoms with Crippen LogP contribution in [-0.4, -0.2) is 17.5 Å². The van der Waals surface area contributed by atoms with Gasteiger partial charge in [0.1, 0.15) is 11.6 Å². The van der Waals surface area contributed by atoms with E-state index in [4.69, 9.17) is 27.9 Å². The van der Waals surface area contributed by atoms with Gasteiger partial charge in [-0.05, 0) is 58.8 Å². The molecule has 0 bridgehead atoms. The predicted molar refractivity (Wildman–Crippen MR) is 101 cm³/mol. The molecule has 0 aliphatic rings. The number of phenolic OH excluding ortho intramolecular Hbond substituents is 1. The van der Waals surface area contributed by atoms with Crippen molar-refractivity contribution in [2.75, 3.05) is 6.61 Å². The number of halogens is 3. The second-order valence-corrected chi connectivity index (χ2v) is 6.55. The molecule has 2 aromatic rings. The third-order valence-electron chi connectivity index (χ3n) is 3.22. The van der Waals surface area contributed by atoms with Crippen molar-refractivity contribution < 1.29 is 14.6 Å². The third-order valence-corrected chi connectivity index (χ3v) is 4.45. The molecule has 0 spiro atoms. The zero-order valence-corrected chi connectivity index (χ0v) is 16.1. The Balaban J connectivity index is 2.51. The molecule has 0 saturated heterocycles. The number of carbonyl (C=O) groups is 1. The van der Waals surface area contributed by atoms with Crippen molar-refractivity contribution in [2.24, 2.45) is 0 Å². The first kappa shape index (κ1) is 19.3. The Labute approximate surface area is 163 Å². The van der Waals surface area contributed by atoms with Crippen LogP contribution in [0.1, 0.15) is 22.8 Å². The Morgan fingerprint density at radius 3 is 2.56 bits per heavy atom. The number of nitrogens with zero attached hydrogens (tertiary/aromatic N) is 1. The second kappa shape index (κ2) is 8.39. The molecule has 0 amide bonds. The maximum absolute atomic E-state index is 12.6. The smallest absolute Gasteiger partial charge is 0.206 e. The Bertz CT molecular complexity index is 884. The van der Waals surface area contributed by atoms with Crippen molar-refractivity contribution >= 4 is 51.0 Å². The summed E-state index contributed by atoms with van der Waals surface area (Å²) in [5.74, 6) is -0.401. The maximum atomic E-state index is 12.6. The van der Waals surface area contributed by atoms with Crippen LogP contribution in [0.4, 0.5) is 0 Å². The minimum absolute atomic E-state index is 0.0574. The van der Waals surface area contributed by atoms with E-state index in [1.165, 1.54) is 24.3 Å². The fourth-order valence-electron chi connectivity index (χ4n) is 2.11. The molecule has 1 N–H and O–H groups in total. The first-order valence-electron chi connectivity index (χ1n) is 7.14. The standard InChI is InChI=1S/C18H12BrCl2NO3/c1-2-25-15-8-10(7-12(19)18(15)24)6-11(9-22)17(23)16-13(20)4-3-5-14(16)21/h3-8,24H,2H2,1H3. The van der Waals surface area contributed by atoms with Gasteiger partial charge in [0.2, 0.25) is 5.78 Å². The number of benzene rings is 2. The van der Waals surface area contributed by atoms with Gasteiger partial charge in [0.15, 0.2) is 11.5 Å². The monoisotopic (exact) mass is 439 g/mol. The number of carbonyl (C=O) groups excluding carboxylic acids is 1. The molecule has 0 saturated carbocycles. The van der Waals surface area contributed by atoms with Gasteiger partial charge in [-0.1, -0.05) is 29.3 Å². The average molecular weight is 441 g/mol. The molecule has 0 aliphatic heterocycles. The lowest BCUT2D eigenvalue weighted by atomic mass is 10.0. The van der Waals surface area contributed by atoms with Crippen LogP contribution in [0.2, 0.25) is 10.0 Å². The fourth-order valence-corrected chi connectivity index (χ4v) is 3.14. The fraction of sp³-hybridized carbons (Fsp3) is 0.111. The zero-order valence-electron chi connectivity index (χ0n) is 13.0. The van der Waals surface area contributed by atoms with Crippen molar-refractivity contribution in [3.05, 3.63) is 61.5 Å². The number of nitriles is 1. The van der Waals surface area contributed by atoms with Crippen LogP contribution < -0.4 is 4.74 Å². The number of phenols is 1. The molecule has 0 heterocycles. The SMILES string of the molecule is CCOc1cc(C=C(C#N)C(=O)c2c(Cl)cccc2Cl)cc(Br)c1O. The summed E-state index contributed by atoms with van der Waals surface area (Å²) < 4.78 is 5.72. The zero-order chi connectivity index (χ0) is 18.6. The highest BCUT2D eigenvalue weighted by Gasteiger charge is 2.19. The minimum atomic E-state index is -0.583. The highest BCUT2D eigenvalue weighted by molar-refractivity contribution is 9.10. The summed E-state index contributed by atoms with van der Waals surface area (Å²) in [7, 11) is 0. The summed E-state index contributed by atoms with van der Waals surface area (Å²) in [5.41, 5.74) is 0.428. The summed E-state index contributed by atoms with van der Waals surface area (Å²) in [5, 5.41) is 19.7. The molecular weight excluding hydrogens is 429 g/mol. The summed E-state index contributed by atoms with van der Waals surface area (Å²) in [6, 6.07) is 9.63. The van der Waals surface area contributed by atoms with Gasteiger partial charge in [-0.3, -0.25) is 4.79 Å². The van der Waals surface area contributed by atoms with Crippen LogP contribution in [0, 0.1) is 11.3 Å². The van der Waals surface area contributed by atoms with E-state index in [0.29, 0.717) is 16.6 Å². The summed E-state index contributed by atoms with van der Waals surface area (Å²) in [4.78, 5) is 12.6. The molecule has 4 nitrogen and oxygen atoms in total. The summed E-state index contributed by atoms with van der Waals surface area (Å²) in [6.45, 7) is 2.13. The third kappa shape index (κ3) is 4.35. The first-order chi connectivity index (χ1) is 11.9. The molecule has 7 heteroatoms. The van der Waals surface area contributed by atoms with Crippen LogP contribution in [0.25, 0.3) is 6.08 Å². The highest BCUT2D eigenvalue weighted by atomic mass is 79.9. The van der Waals surface area contributed by atoms with Gasteiger partial charge in [-0.15, -0.1) is 0 Å². The van der Waals surface area contributed by atoms with Crippen molar-refractivity contribution in [1.82, 2.24) is 0 Å². The molecule has 0 aliphatic carbocycles. The van der Waals surface area contributed by atoms with Crippen molar-refractivity contribution in [2.45, 2.75) is 6.92 Å². The number of ketones is 1. The molecule has 2 rings (SSSR count). The van der Waals surface area contributed by atoms with Gasteiger partial charge in [0, 0.05) is 0 Å². The number of hydrogen-bond donors (Lipinski definition) is 1. The first-order valence-corrected chi connectivity index (χ1v) is 8.69. The highest BCUT2D eigenvalue weighted by Crippen LogP contribution is 2.36. The van der Waals surface area contributed by atoms with E-state index in [2.05, 4.69) is 15.9 Å². The second-order valence-electron chi connectivity index (χ2n) is 4.88. The molecule has 2 aromatic carbocycles. The van der Waals surface area contributed by atoms with Crippen molar-refractivity contribution in [1.29, 1.82) is 5.26 Å². The Kier molecular flexibility index (Phi) is 6.49. The molecule has 0 atom stereocenters. The number of allylic oxidation sites excluding steroid dienone is 1. The van der Waals surface area contributed by atoms with Gasteiger partial charge < -0.3 is 9.84 Å². The van der Waals surface area contributed by atoms with Crippen LogP contribution in [0.15, 0.2) is 40.4 Å². The van der Waals surface area contributed by atoms with E-state index in [1.807, 2.05) is 6.07 Å². The molecule has 0 fully saturated rings.